The van der Waals surface area contributed by atoms with Gasteiger partial charge in [0.15, 0.2) is 0 Å². The summed E-state index contributed by atoms with van der Waals surface area (Å²) in [5.74, 6) is 3.21. The number of nitrogens with one attached hydrogen (secondary N) is 1. The topological polar surface area (TPSA) is 21.3 Å². The summed E-state index contributed by atoms with van der Waals surface area (Å²) in [5, 5.41) is 3.99. The SMILES string of the molecule is CC(NCC1(C)CCOCC1)C12CC3CC(CC(C3)C1)C2. The summed E-state index contributed by atoms with van der Waals surface area (Å²) in [6.45, 7) is 8.07. The lowest BCUT2D eigenvalue weighted by molar-refractivity contribution is -0.0731. The highest BCUT2D eigenvalue weighted by molar-refractivity contribution is 5.05. The molecule has 1 aliphatic heterocycles. The van der Waals surface area contributed by atoms with Crippen molar-refractivity contribution in [2.45, 2.75) is 71.3 Å². The zero-order valence-electron chi connectivity index (χ0n) is 14.0. The van der Waals surface area contributed by atoms with Gasteiger partial charge in [-0.05, 0) is 86.9 Å². The second kappa shape index (κ2) is 5.23. The highest BCUT2D eigenvalue weighted by Crippen LogP contribution is 2.61. The van der Waals surface area contributed by atoms with E-state index in [1.165, 1.54) is 38.6 Å². The van der Waals surface area contributed by atoms with Gasteiger partial charge in [-0.1, -0.05) is 6.92 Å². The predicted molar refractivity (Wildman–Crippen MR) is 86.2 cm³/mol. The largest absolute Gasteiger partial charge is 0.381 e. The standard InChI is InChI=1S/C19H33NO/c1-14(20-13-18(2)3-5-21-6-4-18)19-10-15-7-16(11-19)9-17(8-15)12-19/h14-17,20H,3-13H2,1-2H3. The first kappa shape index (κ1) is 14.5. The number of hydrogen-bond acceptors (Lipinski definition) is 2. The molecular formula is C19H33NO. The zero-order valence-corrected chi connectivity index (χ0v) is 14.0. The Bertz CT molecular complexity index is 350. The van der Waals surface area contributed by atoms with Crippen LogP contribution in [0.15, 0.2) is 0 Å². The van der Waals surface area contributed by atoms with Gasteiger partial charge in [0.05, 0.1) is 0 Å². The molecule has 5 fully saturated rings. The third kappa shape index (κ3) is 2.67. The van der Waals surface area contributed by atoms with E-state index in [4.69, 9.17) is 4.74 Å². The summed E-state index contributed by atoms with van der Waals surface area (Å²) >= 11 is 0. The van der Waals surface area contributed by atoms with Crippen LogP contribution in [0.5, 0.6) is 0 Å². The van der Waals surface area contributed by atoms with Crippen molar-refractivity contribution in [2.75, 3.05) is 19.8 Å². The molecule has 120 valence electrons. The molecule has 1 atom stereocenters. The molecule has 0 aromatic heterocycles. The van der Waals surface area contributed by atoms with Gasteiger partial charge in [-0.15, -0.1) is 0 Å². The maximum absolute atomic E-state index is 5.54. The summed E-state index contributed by atoms with van der Waals surface area (Å²) in [7, 11) is 0. The van der Waals surface area contributed by atoms with E-state index in [0.29, 0.717) is 16.9 Å². The lowest BCUT2D eigenvalue weighted by atomic mass is 9.48. The molecule has 2 heteroatoms. The second-order valence-corrected chi connectivity index (χ2v) is 9.31. The monoisotopic (exact) mass is 291 g/mol. The Labute approximate surface area is 130 Å². The average Bonchev–Trinajstić information content (AvgIpc) is 2.44. The molecule has 2 nitrogen and oxygen atoms in total. The zero-order chi connectivity index (χ0) is 14.5. The Hall–Kier alpha value is -0.0800. The maximum Gasteiger partial charge on any atom is 0.0471 e. The fourth-order valence-corrected chi connectivity index (χ4v) is 6.36. The van der Waals surface area contributed by atoms with E-state index in [0.717, 1.165) is 31.0 Å². The van der Waals surface area contributed by atoms with Crippen LogP contribution in [0.3, 0.4) is 0 Å². The van der Waals surface area contributed by atoms with Crippen LogP contribution in [0, 0.1) is 28.6 Å². The van der Waals surface area contributed by atoms with E-state index in [2.05, 4.69) is 19.2 Å². The minimum absolute atomic E-state index is 0.467. The number of rotatable bonds is 4. The van der Waals surface area contributed by atoms with Crippen molar-refractivity contribution in [1.82, 2.24) is 5.32 Å². The van der Waals surface area contributed by atoms with E-state index in [1.54, 1.807) is 19.3 Å². The van der Waals surface area contributed by atoms with Gasteiger partial charge in [0, 0.05) is 25.8 Å². The fourth-order valence-electron chi connectivity index (χ4n) is 6.36. The first-order valence-electron chi connectivity index (χ1n) is 9.38. The van der Waals surface area contributed by atoms with E-state index < -0.39 is 0 Å². The molecule has 4 saturated carbocycles. The van der Waals surface area contributed by atoms with Gasteiger partial charge in [-0.2, -0.15) is 0 Å². The smallest absolute Gasteiger partial charge is 0.0471 e. The van der Waals surface area contributed by atoms with Crippen LogP contribution < -0.4 is 5.32 Å². The lowest BCUT2D eigenvalue weighted by Gasteiger charge is -2.59. The molecule has 0 amide bonds. The number of ether oxygens (including phenoxy) is 1. The quantitative estimate of drug-likeness (QED) is 0.845. The van der Waals surface area contributed by atoms with Gasteiger partial charge in [-0.25, -0.2) is 0 Å². The first-order valence-corrected chi connectivity index (χ1v) is 9.38. The van der Waals surface area contributed by atoms with Crippen LogP contribution >= 0.6 is 0 Å². The molecular weight excluding hydrogens is 258 g/mol. The molecule has 5 aliphatic rings. The molecule has 0 aromatic rings. The molecule has 0 aromatic carbocycles. The van der Waals surface area contributed by atoms with Crippen LogP contribution in [-0.4, -0.2) is 25.8 Å². The van der Waals surface area contributed by atoms with E-state index in [9.17, 15) is 0 Å². The highest BCUT2D eigenvalue weighted by atomic mass is 16.5. The molecule has 0 radical (unpaired) electrons. The molecule has 4 bridgehead atoms. The molecule has 21 heavy (non-hydrogen) atoms. The highest BCUT2D eigenvalue weighted by Gasteiger charge is 2.53. The molecule has 1 heterocycles. The van der Waals surface area contributed by atoms with Crippen molar-refractivity contribution in [3.63, 3.8) is 0 Å². The molecule has 1 N–H and O–H groups in total. The third-order valence-electron chi connectivity index (χ3n) is 7.54. The maximum atomic E-state index is 5.54. The van der Waals surface area contributed by atoms with Gasteiger partial charge in [0.2, 0.25) is 0 Å². The Morgan fingerprint density at radius 2 is 1.52 bits per heavy atom. The molecule has 1 saturated heterocycles. The first-order chi connectivity index (χ1) is 10.1. The second-order valence-electron chi connectivity index (χ2n) is 9.31. The van der Waals surface area contributed by atoms with Crippen LogP contribution in [0.2, 0.25) is 0 Å². The van der Waals surface area contributed by atoms with Crippen molar-refractivity contribution < 1.29 is 4.74 Å². The van der Waals surface area contributed by atoms with Crippen molar-refractivity contribution >= 4 is 0 Å². The van der Waals surface area contributed by atoms with Gasteiger partial charge in [0.1, 0.15) is 0 Å². The minimum Gasteiger partial charge on any atom is -0.381 e. The molecule has 0 spiro atoms. The van der Waals surface area contributed by atoms with Gasteiger partial charge >= 0.3 is 0 Å². The van der Waals surface area contributed by atoms with E-state index in [-0.39, 0.29) is 0 Å². The van der Waals surface area contributed by atoms with E-state index in [1.807, 2.05) is 0 Å². The Kier molecular flexibility index (Phi) is 3.61. The normalized spacial score (nSPS) is 45.7. The van der Waals surface area contributed by atoms with Crippen molar-refractivity contribution in [1.29, 1.82) is 0 Å². The summed E-state index contributed by atoms with van der Waals surface area (Å²) in [6.07, 6.45) is 11.7. The Balaban J connectivity index is 1.39. The van der Waals surface area contributed by atoms with Gasteiger partial charge in [-0.3, -0.25) is 0 Å². The molecule has 5 rings (SSSR count). The molecule has 4 aliphatic carbocycles. The Morgan fingerprint density at radius 3 is 2.05 bits per heavy atom. The predicted octanol–water partition coefficient (Wildman–Crippen LogP) is 4.00. The van der Waals surface area contributed by atoms with Crippen LogP contribution in [0.1, 0.15) is 65.2 Å². The minimum atomic E-state index is 0.467. The van der Waals surface area contributed by atoms with E-state index >= 15 is 0 Å². The van der Waals surface area contributed by atoms with Gasteiger partial charge < -0.3 is 10.1 Å². The summed E-state index contributed by atoms with van der Waals surface area (Å²) in [4.78, 5) is 0. The summed E-state index contributed by atoms with van der Waals surface area (Å²) in [6, 6.07) is 0.713. The van der Waals surface area contributed by atoms with Crippen molar-refractivity contribution in [3.8, 4) is 0 Å². The molecule has 1 unspecified atom stereocenters. The third-order valence-corrected chi connectivity index (χ3v) is 7.54. The average molecular weight is 291 g/mol. The lowest BCUT2D eigenvalue weighted by Crippen LogP contribution is -2.56. The van der Waals surface area contributed by atoms with Crippen molar-refractivity contribution in [3.05, 3.63) is 0 Å². The summed E-state index contributed by atoms with van der Waals surface area (Å²) < 4.78 is 5.54. The van der Waals surface area contributed by atoms with Gasteiger partial charge in [0.25, 0.3) is 0 Å². The van der Waals surface area contributed by atoms with Crippen LogP contribution in [-0.2, 0) is 4.74 Å². The summed E-state index contributed by atoms with van der Waals surface area (Å²) in [5.41, 5.74) is 1.12. The number of hydrogen-bond donors (Lipinski definition) is 1. The Morgan fingerprint density at radius 1 is 1.00 bits per heavy atom. The van der Waals surface area contributed by atoms with Crippen LogP contribution in [0.25, 0.3) is 0 Å². The van der Waals surface area contributed by atoms with Crippen LogP contribution in [0.4, 0.5) is 0 Å². The fraction of sp³-hybridized carbons (Fsp3) is 1.00. The van der Waals surface area contributed by atoms with Crippen molar-refractivity contribution in [2.24, 2.45) is 28.6 Å².